The highest BCUT2D eigenvalue weighted by Crippen LogP contribution is 2.15. The van der Waals surface area contributed by atoms with Gasteiger partial charge in [0.15, 0.2) is 0 Å². The molecule has 1 atom stereocenters. The van der Waals surface area contributed by atoms with Crippen molar-refractivity contribution in [2.45, 2.75) is 12.5 Å². The number of aliphatic hydroxyl groups excluding tert-OH is 1. The lowest BCUT2D eigenvalue weighted by Crippen LogP contribution is -2.24. The Labute approximate surface area is 107 Å². The van der Waals surface area contributed by atoms with E-state index in [1.165, 1.54) is 18.4 Å². The van der Waals surface area contributed by atoms with Crippen LogP contribution in [0, 0.1) is 5.82 Å². The highest BCUT2D eigenvalue weighted by molar-refractivity contribution is 7.90. The van der Waals surface area contributed by atoms with Crippen LogP contribution in [0.1, 0.15) is 18.1 Å². The van der Waals surface area contributed by atoms with Crippen LogP contribution >= 0.6 is 0 Å². The largest absolute Gasteiger partial charge is 0.387 e. The molecule has 0 aromatic heterocycles. The van der Waals surface area contributed by atoms with Gasteiger partial charge in [-0.15, -0.1) is 0 Å². The molecule has 0 amide bonds. The van der Waals surface area contributed by atoms with Gasteiger partial charge >= 0.3 is 0 Å². The predicted molar refractivity (Wildman–Crippen MR) is 68.6 cm³/mol. The zero-order chi connectivity index (χ0) is 13.6. The fraction of sp³-hybridized carbons (Fsp3) is 0.500. The Bertz CT molecular complexity index is 476. The molecule has 0 saturated carbocycles. The summed E-state index contributed by atoms with van der Waals surface area (Å²) in [4.78, 5) is 0. The zero-order valence-corrected chi connectivity index (χ0v) is 11.1. The number of halogens is 1. The van der Waals surface area contributed by atoms with E-state index in [4.69, 9.17) is 0 Å². The normalized spacial score (nSPS) is 13.5. The summed E-state index contributed by atoms with van der Waals surface area (Å²) in [6.07, 6.45) is 0.730. The van der Waals surface area contributed by atoms with E-state index < -0.39 is 21.8 Å². The fourth-order valence-electron chi connectivity index (χ4n) is 1.55. The first-order valence-electron chi connectivity index (χ1n) is 5.71. The maximum absolute atomic E-state index is 13.3. The molecule has 0 radical (unpaired) electrons. The first-order valence-corrected chi connectivity index (χ1v) is 7.77. The summed E-state index contributed by atoms with van der Waals surface area (Å²) in [6.45, 7) is 0.670. The van der Waals surface area contributed by atoms with Crippen LogP contribution in [0.4, 0.5) is 4.39 Å². The van der Waals surface area contributed by atoms with E-state index in [0.717, 1.165) is 0 Å². The van der Waals surface area contributed by atoms with Gasteiger partial charge in [-0.3, -0.25) is 0 Å². The van der Waals surface area contributed by atoms with Gasteiger partial charge in [0.1, 0.15) is 15.7 Å². The molecule has 1 rings (SSSR count). The predicted octanol–water partition coefficient (Wildman–Crippen LogP) is 0.883. The van der Waals surface area contributed by atoms with Gasteiger partial charge in [0.25, 0.3) is 0 Å². The molecule has 2 N–H and O–H groups in total. The first kappa shape index (κ1) is 15.1. The molecule has 1 aromatic carbocycles. The molecule has 0 aliphatic heterocycles. The third-order valence-electron chi connectivity index (χ3n) is 2.47. The molecule has 0 aliphatic rings. The molecule has 102 valence electrons. The molecule has 0 spiro atoms. The number of hydrogen-bond acceptors (Lipinski definition) is 4. The minimum absolute atomic E-state index is 0.107. The summed E-state index contributed by atoms with van der Waals surface area (Å²) in [7, 11) is -2.95. The third kappa shape index (κ3) is 5.57. The SMILES string of the molecule is CS(=O)(=O)CCCNCC(O)c1ccccc1F. The highest BCUT2D eigenvalue weighted by atomic mass is 32.2. The molecule has 0 heterocycles. The number of benzene rings is 1. The Balaban J connectivity index is 2.30. The Morgan fingerprint density at radius 2 is 2.06 bits per heavy atom. The van der Waals surface area contributed by atoms with Crippen LogP contribution in [0.3, 0.4) is 0 Å². The second kappa shape index (κ2) is 6.82. The summed E-state index contributed by atoms with van der Waals surface area (Å²) in [5.41, 5.74) is 0.244. The van der Waals surface area contributed by atoms with Gasteiger partial charge < -0.3 is 10.4 Å². The summed E-state index contributed by atoms with van der Waals surface area (Å²) in [5.74, 6) is -0.335. The van der Waals surface area contributed by atoms with E-state index in [9.17, 15) is 17.9 Å². The Kier molecular flexibility index (Phi) is 5.71. The quantitative estimate of drug-likeness (QED) is 0.725. The number of sulfone groups is 1. The minimum atomic E-state index is -2.95. The zero-order valence-electron chi connectivity index (χ0n) is 10.3. The van der Waals surface area contributed by atoms with Crippen LogP contribution in [-0.2, 0) is 9.84 Å². The fourth-order valence-corrected chi connectivity index (χ4v) is 2.22. The lowest BCUT2D eigenvalue weighted by Gasteiger charge is -2.12. The second-order valence-electron chi connectivity index (χ2n) is 4.22. The van der Waals surface area contributed by atoms with Gasteiger partial charge in [-0.1, -0.05) is 18.2 Å². The highest BCUT2D eigenvalue weighted by Gasteiger charge is 2.11. The van der Waals surface area contributed by atoms with E-state index in [0.29, 0.717) is 13.0 Å². The van der Waals surface area contributed by atoms with E-state index in [2.05, 4.69) is 5.32 Å². The molecule has 0 bridgehead atoms. The van der Waals surface area contributed by atoms with Gasteiger partial charge in [-0.05, 0) is 19.0 Å². The summed E-state index contributed by atoms with van der Waals surface area (Å²) < 4.78 is 35.0. The summed E-state index contributed by atoms with van der Waals surface area (Å²) in [6, 6.07) is 6.04. The molecule has 18 heavy (non-hydrogen) atoms. The van der Waals surface area contributed by atoms with Crippen molar-refractivity contribution in [2.75, 3.05) is 25.1 Å². The van der Waals surface area contributed by atoms with Crippen molar-refractivity contribution in [1.82, 2.24) is 5.32 Å². The van der Waals surface area contributed by atoms with Crippen LogP contribution in [0.5, 0.6) is 0 Å². The van der Waals surface area contributed by atoms with Crippen LogP contribution < -0.4 is 5.32 Å². The molecular weight excluding hydrogens is 257 g/mol. The van der Waals surface area contributed by atoms with Gasteiger partial charge in [0, 0.05) is 18.4 Å². The van der Waals surface area contributed by atoms with Crippen LogP contribution in [0.15, 0.2) is 24.3 Å². The van der Waals surface area contributed by atoms with E-state index in [1.54, 1.807) is 12.1 Å². The molecular formula is C12H18FNO3S. The maximum atomic E-state index is 13.3. The monoisotopic (exact) mass is 275 g/mol. The van der Waals surface area contributed by atoms with E-state index in [1.807, 2.05) is 0 Å². The number of aliphatic hydroxyl groups is 1. The van der Waals surface area contributed by atoms with Crippen LogP contribution in [-0.4, -0.2) is 38.6 Å². The topological polar surface area (TPSA) is 66.4 Å². The standard InChI is InChI=1S/C12H18FNO3S/c1-18(16,17)8-4-7-14-9-12(15)10-5-2-3-6-11(10)13/h2-3,5-6,12,14-15H,4,7-9H2,1H3. The molecule has 0 aliphatic carbocycles. The Morgan fingerprint density at radius 1 is 1.39 bits per heavy atom. The van der Waals surface area contributed by atoms with Crippen molar-refractivity contribution < 1.29 is 17.9 Å². The molecule has 1 unspecified atom stereocenters. The molecule has 1 aromatic rings. The lowest BCUT2D eigenvalue weighted by atomic mass is 10.1. The summed E-state index contributed by atoms with van der Waals surface area (Å²) in [5, 5.41) is 12.6. The van der Waals surface area contributed by atoms with E-state index >= 15 is 0 Å². The van der Waals surface area contributed by atoms with Crippen molar-refractivity contribution in [1.29, 1.82) is 0 Å². The van der Waals surface area contributed by atoms with Gasteiger partial charge in [0.2, 0.25) is 0 Å². The van der Waals surface area contributed by atoms with Crippen molar-refractivity contribution in [3.05, 3.63) is 35.6 Å². The van der Waals surface area contributed by atoms with Crippen molar-refractivity contribution in [3.8, 4) is 0 Å². The van der Waals surface area contributed by atoms with Crippen molar-refractivity contribution >= 4 is 9.84 Å². The molecule has 0 fully saturated rings. The smallest absolute Gasteiger partial charge is 0.147 e. The van der Waals surface area contributed by atoms with Gasteiger partial charge in [-0.25, -0.2) is 12.8 Å². The minimum Gasteiger partial charge on any atom is -0.387 e. The molecule has 0 saturated heterocycles. The van der Waals surface area contributed by atoms with Gasteiger partial charge in [-0.2, -0.15) is 0 Å². The maximum Gasteiger partial charge on any atom is 0.147 e. The number of nitrogens with one attached hydrogen (secondary N) is 1. The van der Waals surface area contributed by atoms with Gasteiger partial charge in [0.05, 0.1) is 11.9 Å². The average Bonchev–Trinajstić information content (AvgIpc) is 2.27. The van der Waals surface area contributed by atoms with Crippen LogP contribution in [0.25, 0.3) is 0 Å². The average molecular weight is 275 g/mol. The lowest BCUT2D eigenvalue weighted by molar-refractivity contribution is 0.170. The van der Waals surface area contributed by atoms with Crippen molar-refractivity contribution in [3.63, 3.8) is 0 Å². The molecule has 6 heteroatoms. The van der Waals surface area contributed by atoms with Crippen molar-refractivity contribution in [2.24, 2.45) is 0 Å². The summed E-state index contributed by atoms with van der Waals surface area (Å²) >= 11 is 0. The number of hydrogen-bond donors (Lipinski definition) is 2. The van der Waals surface area contributed by atoms with E-state index in [-0.39, 0.29) is 17.9 Å². The Hall–Kier alpha value is -0.980. The molecule has 4 nitrogen and oxygen atoms in total. The van der Waals surface area contributed by atoms with Crippen LogP contribution in [0.2, 0.25) is 0 Å². The second-order valence-corrected chi connectivity index (χ2v) is 6.48. The Morgan fingerprint density at radius 3 is 2.67 bits per heavy atom. The first-order chi connectivity index (χ1) is 8.40. The number of rotatable bonds is 7. The third-order valence-corrected chi connectivity index (χ3v) is 3.50.